The molecule has 1 saturated heterocycles. The molecule has 0 saturated carbocycles. The minimum Gasteiger partial charge on any atom is -0.394 e. The Morgan fingerprint density at radius 2 is 2.30 bits per heavy atom. The summed E-state index contributed by atoms with van der Waals surface area (Å²) in [5, 5.41) is 20.2. The molecule has 1 aliphatic rings. The molecule has 9 nitrogen and oxygen atoms in total. The van der Waals surface area contributed by atoms with Crippen molar-refractivity contribution in [1.29, 1.82) is 0 Å². The number of nitrogen functional groups attached to an aromatic ring is 1. The summed E-state index contributed by atoms with van der Waals surface area (Å²) in [6.45, 7) is 1.29. The van der Waals surface area contributed by atoms with E-state index in [0.29, 0.717) is 22.9 Å². The Labute approximate surface area is 131 Å². The molecule has 0 bridgehead atoms. The summed E-state index contributed by atoms with van der Waals surface area (Å²) in [6, 6.07) is 0. The third-order valence-electron chi connectivity index (χ3n) is 4.40. The number of rotatable bonds is 4. The van der Waals surface area contributed by atoms with Gasteiger partial charge in [-0.2, -0.15) is 0 Å². The molecule has 1 aliphatic heterocycles. The maximum absolute atomic E-state index is 11.3. The van der Waals surface area contributed by atoms with Crippen LogP contribution in [0.4, 0.5) is 5.82 Å². The van der Waals surface area contributed by atoms with Crippen LogP contribution in [0.2, 0.25) is 0 Å². The van der Waals surface area contributed by atoms with E-state index in [4.69, 9.17) is 15.2 Å². The highest BCUT2D eigenvalue weighted by molar-refractivity contribution is 6.01. The van der Waals surface area contributed by atoms with E-state index in [2.05, 4.69) is 9.97 Å². The molecule has 4 atom stereocenters. The van der Waals surface area contributed by atoms with Gasteiger partial charge >= 0.3 is 0 Å². The minimum atomic E-state index is -1.14. The highest BCUT2D eigenvalue weighted by Gasteiger charge is 2.54. The van der Waals surface area contributed by atoms with Crippen molar-refractivity contribution in [2.75, 3.05) is 19.5 Å². The maximum Gasteiger partial charge on any atom is 0.167 e. The Bertz CT molecular complexity index is 748. The van der Waals surface area contributed by atoms with Gasteiger partial charge in [-0.25, -0.2) is 9.97 Å². The van der Waals surface area contributed by atoms with Gasteiger partial charge in [-0.3, -0.25) is 4.79 Å². The monoisotopic (exact) mass is 322 g/mol. The van der Waals surface area contributed by atoms with E-state index in [-0.39, 0.29) is 12.4 Å². The smallest absolute Gasteiger partial charge is 0.167 e. The second-order valence-electron chi connectivity index (χ2n) is 5.61. The molecule has 3 heterocycles. The lowest BCUT2D eigenvalue weighted by Gasteiger charge is -2.31. The molecular formula is C14H18N4O5. The van der Waals surface area contributed by atoms with Crippen molar-refractivity contribution in [3.63, 3.8) is 0 Å². The average molecular weight is 322 g/mol. The SMILES string of the molecule is CO[C@]1(C)[C@H](O)[C@@H](CO)O[C@H]1n1cc(C=O)c2c(N)ncnc21. The number of fused-ring (bicyclic) bond motifs is 1. The molecule has 0 unspecified atom stereocenters. The molecule has 0 spiro atoms. The van der Waals surface area contributed by atoms with Crippen LogP contribution in [0, 0.1) is 0 Å². The molecule has 0 amide bonds. The number of aldehydes is 1. The third-order valence-corrected chi connectivity index (χ3v) is 4.40. The van der Waals surface area contributed by atoms with Crippen LogP contribution in [0.3, 0.4) is 0 Å². The first-order chi connectivity index (χ1) is 11.0. The van der Waals surface area contributed by atoms with Crippen LogP contribution < -0.4 is 5.73 Å². The first-order valence-corrected chi connectivity index (χ1v) is 7.03. The molecule has 0 aliphatic carbocycles. The number of aliphatic hydroxyl groups is 2. The molecular weight excluding hydrogens is 304 g/mol. The van der Waals surface area contributed by atoms with Crippen LogP contribution >= 0.6 is 0 Å². The lowest BCUT2D eigenvalue weighted by atomic mass is 9.96. The minimum absolute atomic E-state index is 0.173. The van der Waals surface area contributed by atoms with Gasteiger partial charge in [-0.05, 0) is 6.92 Å². The fourth-order valence-corrected chi connectivity index (χ4v) is 3.00. The maximum atomic E-state index is 11.3. The Morgan fingerprint density at radius 3 is 2.91 bits per heavy atom. The van der Waals surface area contributed by atoms with Crippen molar-refractivity contribution in [3.05, 3.63) is 18.1 Å². The predicted octanol–water partition coefficient (Wildman–Crippen LogP) is -0.518. The normalized spacial score (nSPS) is 30.9. The number of carbonyl (C=O) groups is 1. The van der Waals surface area contributed by atoms with E-state index < -0.39 is 24.0 Å². The molecule has 2 aromatic heterocycles. The van der Waals surface area contributed by atoms with E-state index >= 15 is 0 Å². The number of anilines is 1. The number of aliphatic hydroxyl groups excluding tert-OH is 2. The summed E-state index contributed by atoms with van der Waals surface area (Å²) in [5.41, 5.74) is 5.40. The van der Waals surface area contributed by atoms with E-state index in [9.17, 15) is 15.0 Å². The molecule has 1 fully saturated rings. The summed E-state index contributed by atoms with van der Waals surface area (Å²) in [4.78, 5) is 19.4. The number of nitrogens with two attached hydrogens (primary N) is 1. The molecule has 124 valence electrons. The van der Waals surface area contributed by atoms with Crippen LogP contribution in [0.1, 0.15) is 23.5 Å². The van der Waals surface area contributed by atoms with Gasteiger partial charge in [-0.1, -0.05) is 0 Å². The third kappa shape index (κ3) is 2.12. The van der Waals surface area contributed by atoms with Crippen LogP contribution in [-0.4, -0.2) is 62.6 Å². The second-order valence-corrected chi connectivity index (χ2v) is 5.61. The standard InChI is InChI=1S/C14H18N4O5/c1-14(22-2)10(21)8(5-20)23-13(14)18-3-7(4-19)9-11(15)16-6-17-12(9)18/h3-4,6,8,10,13,20-21H,5H2,1-2H3,(H2,15,16,17)/t8-,10-,13-,14-/m1/s1. The molecule has 23 heavy (non-hydrogen) atoms. The average Bonchev–Trinajstić information content (AvgIpc) is 3.05. The Hall–Kier alpha value is -2.07. The molecule has 9 heteroatoms. The highest BCUT2D eigenvalue weighted by atomic mass is 16.6. The lowest BCUT2D eigenvalue weighted by molar-refractivity contribution is -0.118. The number of nitrogens with zero attached hydrogens (tertiary/aromatic N) is 3. The molecule has 2 aromatic rings. The van der Waals surface area contributed by atoms with Gasteiger partial charge in [0, 0.05) is 18.9 Å². The summed E-state index contributed by atoms with van der Waals surface area (Å²) in [5.74, 6) is 0.173. The lowest BCUT2D eigenvalue weighted by Crippen LogP contribution is -2.46. The zero-order valence-electron chi connectivity index (χ0n) is 12.7. The van der Waals surface area contributed by atoms with Crippen molar-refractivity contribution in [1.82, 2.24) is 14.5 Å². The highest BCUT2D eigenvalue weighted by Crippen LogP contribution is 2.42. The number of carbonyl (C=O) groups excluding carboxylic acids is 1. The van der Waals surface area contributed by atoms with Crippen LogP contribution in [0.25, 0.3) is 11.0 Å². The fourth-order valence-electron chi connectivity index (χ4n) is 3.00. The Balaban J connectivity index is 2.20. The van der Waals surface area contributed by atoms with E-state index in [0.717, 1.165) is 0 Å². The fraction of sp³-hybridized carbons (Fsp3) is 0.500. The Kier molecular flexibility index (Phi) is 3.80. The molecule has 4 N–H and O–H groups in total. The Morgan fingerprint density at radius 1 is 1.57 bits per heavy atom. The van der Waals surface area contributed by atoms with Crippen molar-refractivity contribution in [2.24, 2.45) is 0 Å². The summed E-state index contributed by atoms with van der Waals surface area (Å²) >= 11 is 0. The van der Waals surface area contributed by atoms with Gasteiger partial charge in [-0.15, -0.1) is 0 Å². The van der Waals surface area contributed by atoms with Crippen LogP contribution in [0.5, 0.6) is 0 Å². The first kappa shape index (κ1) is 15.8. The summed E-state index contributed by atoms with van der Waals surface area (Å²) in [6.07, 6.45) is 0.779. The quantitative estimate of drug-likeness (QED) is 0.641. The number of hydrogen-bond acceptors (Lipinski definition) is 8. The number of ether oxygens (including phenoxy) is 2. The van der Waals surface area contributed by atoms with Gasteiger partial charge in [0.1, 0.15) is 35.6 Å². The summed E-state index contributed by atoms with van der Waals surface area (Å²) < 4.78 is 12.8. The van der Waals surface area contributed by atoms with Gasteiger partial charge in [0.05, 0.1) is 12.0 Å². The van der Waals surface area contributed by atoms with Crippen molar-refractivity contribution >= 4 is 23.1 Å². The zero-order chi connectivity index (χ0) is 16.8. The molecule has 0 aromatic carbocycles. The molecule has 3 rings (SSSR count). The zero-order valence-corrected chi connectivity index (χ0v) is 12.7. The molecule has 0 radical (unpaired) electrons. The van der Waals surface area contributed by atoms with Crippen molar-refractivity contribution in [3.8, 4) is 0 Å². The van der Waals surface area contributed by atoms with Gasteiger partial charge in [0.15, 0.2) is 12.5 Å². The number of aromatic nitrogens is 3. The second kappa shape index (κ2) is 5.53. The largest absolute Gasteiger partial charge is 0.394 e. The number of methoxy groups -OCH3 is 1. The van der Waals surface area contributed by atoms with Crippen LogP contribution in [-0.2, 0) is 9.47 Å². The summed E-state index contributed by atoms with van der Waals surface area (Å²) in [7, 11) is 1.44. The van der Waals surface area contributed by atoms with Gasteiger partial charge in [0.25, 0.3) is 0 Å². The van der Waals surface area contributed by atoms with Gasteiger partial charge < -0.3 is 30.0 Å². The topological polar surface area (TPSA) is 133 Å². The van der Waals surface area contributed by atoms with E-state index in [1.807, 2.05) is 0 Å². The first-order valence-electron chi connectivity index (χ1n) is 7.03. The van der Waals surface area contributed by atoms with E-state index in [1.54, 1.807) is 11.5 Å². The van der Waals surface area contributed by atoms with Gasteiger partial charge in [0.2, 0.25) is 0 Å². The van der Waals surface area contributed by atoms with Crippen molar-refractivity contribution in [2.45, 2.75) is 31.0 Å². The number of hydrogen-bond donors (Lipinski definition) is 3. The van der Waals surface area contributed by atoms with Crippen LogP contribution in [0.15, 0.2) is 12.5 Å². The van der Waals surface area contributed by atoms with Crippen molar-refractivity contribution < 1.29 is 24.5 Å². The predicted molar refractivity (Wildman–Crippen MR) is 79.7 cm³/mol. The van der Waals surface area contributed by atoms with E-state index in [1.165, 1.54) is 19.6 Å².